The summed E-state index contributed by atoms with van der Waals surface area (Å²) < 4.78 is 4.80. The van der Waals surface area contributed by atoms with Crippen LogP contribution < -0.4 is 10.6 Å². The van der Waals surface area contributed by atoms with Crippen molar-refractivity contribution in [1.29, 1.82) is 5.26 Å². The Balaban J connectivity index is 1.91. The summed E-state index contributed by atoms with van der Waals surface area (Å²) in [5.41, 5.74) is 1.08. The summed E-state index contributed by atoms with van der Waals surface area (Å²) in [4.78, 5) is 37.6. The summed E-state index contributed by atoms with van der Waals surface area (Å²) in [5.74, 6) is -4.12. The van der Waals surface area contributed by atoms with Gasteiger partial charge in [-0.3, -0.25) is 14.4 Å². The summed E-state index contributed by atoms with van der Waals surface area (Å²) in [6.45, 7) is 0. The van der Waals surface area contributed by atoms with Gasteiger partial charge in [0.2, 0.25) is 11.8 Å². The van der Waals surface area contributed by atoms with Crippen LogP contribution in [0.15, 0.2) is 59.1 Å². The summed E-state index contributed by atoms with van der Waals surface area (Å²) in [6, 6.07) is 15.4. The number of amides is 2. The number of benzene rings is 2. The summed E-state index contributed by atoms with van der Waals surface area (Å²) >= 11 is 13.2. The first-order valence-electron chi connectivity index (χ1n) is 9.31. The third-order valence-electron chi connectivity index (χ3n) is 4.68. The number of methoxy groups -OCH3 is 1. The Labute approximate surface area is 198 Å². The highest BCUT2D eigenvalue weighted by atomic mass is 35.5. The van der Waals surface area contributed by atoms with Crippen LogP contribution in [0.3, 0.4) is 0 Å². The molecule has 1 aliphatic heterocycles. The molecule has 0 saturated carbocycles. The van der Waals surface area contributed by atoms with Crippen molar-refractivity contribution in [3.05, 3.63) is 74.7 Å². The van der Waals surface area contributed by atoms with Gasteiger partial charge in [-0.15, -0.1) is 0 Å². The van der Waals surface area contributed by atoms with Crippen molar-refractivity contribution in [2.75, 3.05) is 18.2 Å². The van der Waals surface area contributed by atoms with E-state index in [1.807, 2.05) is 0 Å². The molecule has 1 heterocycles. The molecule has 32 heavy (non-hydrogen) atoms. The van der Waals surface area contributed by atoms with E-state index in [-0.39, 0.29) is 22.3 Å². The van der Waals surface area contributed by atoms with E-state index in [9.17, 15) is 19.6 Å². The minimum absolute atomic E-state index is 0.0918. The van der Waals surface area contributed by atoms with Gasteiger partial charge in [-0.05, 0) is 29.8 Å². The monoisotopic (exact) mass is 489 g/mol. The zero-order valence-corrected chi connectivity index (χ0v) is 19.1. The molecule has 2 aromatic rings. The molecule has 0 aliphatic carbocycles. The zero-order valence-electron chi connectivity index (χ0n) is 16.7. The number of nitriles is 1. The maximum absolute atomic E-state index is 12.8. The number of thioether (sulfide) groups is 1. The molecule has 0 saturated heterocycles. The highest BCUT2D eigenvalue weighted by Gasteiger charge is 2.45. The van der Waals surface area contributed by atoms with Crippen molar-refractivity contribution in [2.45, 2.75) is 5.92 Å². The van der Waals surface area contributed by atoms with Crippen molar-refractivity contribution in [1.82, 2.24) is 5.32 Å². The number of nitrogens with one attached hydrogen (secondary N) is 2. The lowest BCUT2D eigenvalue weighted by atomic mass is 9.78. The zero-order chi connectivity index (χ0) is 23.3. The molecule has 2 amide bonds. The Morgan fingerprint density at radius 1 is 1.22 bits per heavy atom. The van der Waals surface area contributed by atoms with Crippen molar-refractivity contribution >= 4 is 58.4 Å². The molecule has 3 rings (SSSR count). The van der Waals surface area contributed by atoms with Crippen LogP contribution in [-0.2, 0) is 19.1 Å². The molecular formula is C22H17Cl2N3O4S. The van der Waals surface area contributed by atoms with E-state index in [0.717, 1.165) is 11.8 Å². The van der Waals surface area contributed by atoms with Gasteiger partial charge in [-0.25, -0.2) is 0 Å². The fourth-order valence-electron chi connectivity index (χ4n) is 3.28. The Hall–Kier alpha value is -2.99. The van der Waals surface area contributed by atoms with Gasteiger partial charge in [0, 0.05) is 21.7 Å². The number of anilines is 1. The van der Waals surface area contributed by atoms with Gasteiger partial charge in [0.15, 0.2) is 0 Å². The third-order valence-corrected chi connectivity index (χ3v) is 6.28. The van der Waals surface area contributed by atoms with Gasteiger partial charge in [0.05, 0.1) is 29.5 Å². The predicted molar refractivity (Wildman–Crippen MR) is 123 cm³/mol. The number of ether oxygens (including phenoxy) is 1. The highest BCUT2D eigenvalue weighted by molar-refractivity contribution is 8.03. The molecule has 0 spiro atoms. The van der Waals surface area contributed by atoms with E-state index in [2.05, 4.69) is 16.7 Å². The molecule has 0 radical (unpaired) electrons. The van der Waals surface area contributed by atoms with Crippen LogP contribution in [0, 0.1) is 17.2 Å². The van der Waals surface area contributed by atoms with E-state index < -0.39 is 23.7 Å². The number of allylic oxidation sites excluding steroid dienone is 1. The second-order valence-corrected chi connectivity index (χ2v) is 8.52. The smallest absolute Gasteiger partial charge is 0.319 e. The van der Waals surface area contributed by atoms with E-state index in [1.165, 1.54) is 7.11 Å². The number of hydrogen-bond acceptors (Lipinski definition) is 6. The molecule has 0 unspecified atom stereocenters. The Morgan fingerprint density at radius 3 is 2.62 bits per heavy atom. The van der Waals surface area contributed by atoms with Gasteiger partial charge in [-0.2, -0.15) is 5.26 Å². The largest absolute Gasteiger partial charge is 0.468 e. The van der Waals surface area contributed by atoms with Gasteiger partial charge in [0.25, 0.3) is 0 Å². The fourth-order valence-corrected chi connectivity index (χ4v) is 4.58. The second-order valence-electron chi connectivity index (χ2n) is 6.69. The van der Waals surface area contributed by atoms with Crippen LogP contribution in [0.1, 0.15) is 11.5 Å². The quantitative estimate of drug-likeness (QED) is 0.466. The van der Waals surface area contributed by atoms with Gasteiger partial charge < -0.3 is 15.4 Å². The Bertz CT molecular complexity index is 1150. The lowest BCUT2D eigenvalue weighted by molar-refractivity contribution is -0.150. The van der Waals surface area contributed by atoms with Gasteiger partial charge in [-0.1, -0.05) is 59.2 Å². The average Bonchev–Trinajstić information content (AvgIpc) is 2.77. The lowest BCUT2D eigenvalue weighted by Gasteiger charge is -2.31. The molecule has 2 aromatic carbocycles. The minimum Gasteiger partial charge on any atom is -0.468 e. The van der Waals surface area contributed by atoms with Crippen LogP contribution >= 0.6 is 35.0 Å². The minimum atomic E-state index is -1.29. The SMILES string of the molecule is COC(=O)[C@@H]1C(=O)NC(SCC(=O)Nc2cccc(Cl)c2)=C(C#N)[C@H]1c1ccccc1Cl. The molecule has 2 atom stereocenters. The first-order valence-corrected chi connectivity index (χ1v) is 11.1. The number of carbonyl (C=O) groups is 3. The molecule has 164 valence electrons. The lowest BCUT2D eigenvalue weighted by Crippen LogP contribution is -2.44. The standard InChI is InChI=1S/C22H17Cl2N3O4S/c1-31-22(30)19-18(14-7-2-3-8-16(14)24)15(10-25)21(27-20(19)29)32-11-17(28)26-13-6-4-5-12(23)9-13/h2-9,18-19H,11H2,1H3,(H,26,28)(H,27,29)/t18-,19+/m1/s1. The van der Waals surface area contributed by atoms with E-state index >= 15 is 0 Å². The number of esters is 1. The van der Waals surface area contributed by atoms with Crippen LogP contribution in [0.5, 0.6) is 0 Å². The van der Waals surface area contributed by atoms with E-state index in [0.29, 0.717) is 21.3 Å². The maximum Gasteiger partial charge on any atom is 0.319 e. The molecule has 10 heteroatoms. The molecular weight excluding hydrogens is 473 g/mol. The van der Waals surface area contributed by atoms with Crippen LogP contribution in [0.4, 0.5) is 5.69 Å². The van der Waals surface area contributed by atoms with Crippen molar-refractivity contribution in [2.24, 2.45) is 5.92 Å². The van der Waals surface area contributed by atoms with Crippen LogP contribution in [-0.4, -0.2) is 30.6 Å². The molecule has 0 bridgehead atoms. The summed E-state index contributed by atoms with van der Waals surface area (Å²) in [5, 5.41) is 16.1. The Morgan fingerprint density at radius 2 is 1.97 bits per heavy atom. The van der Waals surface area contributed by atoms with E-state index in [4.69, 9.17) is 27.9 Å². The van der Waals surface area contributed by atoms with E-state index in [1.54, 1.807) is 48.5 Å². The van der Waals surface area contributed by atoms with Crippen molar-refractivity contribution < 1.29 is 19.1 Å². The molecule has 0 fully saturated rings. The first-order chi connectivity index (χ1) is 15.3. The second kappa shape index (κ2) is 10.6. The average molecular weight is 490 g/mol. The van der Waals surface area contributed by atoms with Gasteiger partial charge >= 0.3 is 5.97 Å². The third kappa shape index (κ3) is 5.25. The van der Waals surface area contributed by atoms with Gasteiger partial charge in [0.1, 0.15) is 5.92 Å². The summed E-state index contributed by atoms with van der Waals surface area (Å²) in [6.07, 6.45) is 0. The molecule has 2 N–H and O–H groups in total. The number of carbonyl (C=O) groups excluding carboxylic acids is 3. The van der Waals surface area contributed by atoms with Crippen LogP contribution in [0.2, 0.25) is 10.0 Å². The first kappa shape index (κ1) is 23.7. The van der Waals surface area contributed by atoms with Crippen molar-refractivity contribution in [3.8, 4) is 6.07 Å². The topological polar surface area (TPSA) is 108 Å². The Kier molecular flexibility index (Phi) is 7.80. The molecule has 1 aliphatic rings. The number of nitrogens with zero attached hydrogens (tertiary/aromatic N) is 1. The molecule has 7 nitrogen and oxygen atoms in total. The fraction of sp³-hybridized carbons (Fsp3) is 0.182. The maximum atomic E-state index is 12.8. The van der Waals surface area contributed by atoms with Crippen LogP contribution in [0.25, 0.3) is 0 Å². The predicted octanol–water partition coefficient (Wildman–Crippen LogP) is 4.10. The highest BCUT2D eigenvalue weighted by Crippen LogP contribution is 2.42. The number of rotatable bonds is 6. The number of hydrogen-bond donors (Lipinski definition) is 2. The van der Waals surface area contributed by atoms with Crippen molar-refractivity contribution in [3.63, 3.8) is 0 Å². The molecule has 0 aromatic heterocycles. The normalized spacial score (nSPS) is 17.9. The summed E-state index contributed by atoms with van der Waals surface area (Å²) in [7, 11) is 1.17. The number of halogens is 2.